The Morgan fingerprint density at radius 3 is 2.73 bits per heavy atom. The number of amidine groups is 1. The monoisotopic (exact) mass is 270 g/mol. The highest BCUT2D eigenvalue weighted by Gasteiger charge is 2.03. The first-order valence-electron chi connectivity index (χ1n) is 4.84. The molecule has 1 aromatic carbocycles. The molecule has 0 aliphatic carbocycles. The maximum absolute atomic E-state index is 5.28. The molecule has 15 heavy (non-hydrogen) atoms. The second-order valence-electron chi connectivity index (χ2n) is 3.22. The minimum Gasteiger partial charge on any atom is -0.372 e. The lowest BCUT2D eigenvalue weighted by Crippen LogP contribution is -2.31. The molecule has 2 rings (SSSR count). The Hall–Kier alpha value is -0.870. The van der Waals surface area contributed by atoms with Crippen LogP contribution in [0.25, 0.3) is 0 Å². The molecule has 0 saturated carbocycles. The van der Waals surface area contributed by atoms with Crippen molar-refractivity contribution in [3.05, 3.63) is 35.9 Å². The van der Waals surface area contributed by atoms with Gasteiger partial charge >= 0.3 is 0 Å². The number of rotatable bonds is 2. The van der Waals surface area contributed by atoms with Crippen LogP contribution >= 0.6 is 17.0 Å². The molecule has 1 heterocycles. The predicted molar refractivity (Wildman–Crippen MR) is 66.7 cm³/mol. The lowest BCUT2D eigenvalue weighted by Gasteiger charge is -2.14. The van der Waals surface area contributed by atoms with E-state index in [1.807, 2.05) is 18.2 Å². The van der Waals surface area contributed by atoms with Gasteiger partial charge in [-0.1, -0.05) is 30.3 Å². The van der Waals surface area contributed by atoms with Crippen LogP contribution in [0.4, 0.5) is 0 Å². The Balaban J connectivity index is 0.00000112. The zero-order chi connectivity index (χ0) is 9.64. The van der Waals surface area contributed by atoms with Gasteiger partial charge in [0.25, 0.3) is 0 Å². The van der Waals surface area contributed by atoms with E-state index in [-0.39, 0.29) is 17.0 Å². The maximum Gasteiger partial charge on any atom is 0.123 e. The first-order valence-corrected chi connectivity index (χ1v) is 4.84. The van der Waals surface area contributed by atoms with Crippen LogP contribution in [0.15, 0.2) is 35.3 Å². The van der Waals surface area contributed by atoms with E-state index in [0.29, 0.717) is 6.61 Å². The lowest BCUT2D eigenvalue weighted by molar-refractivity contribution is 0.168. The van der Waals surface area contributed by atoms with Crippen molar-refractivity contribution >= 4 is 22.8 Å². The Bertz CT molecular complexity index is 314. The molecule has 3 nitrogen and oxygen atoms in total. The quantitative estimate of drug-likeness (QED) is 0.889. The van der Waals surface area contributed by atoms with Crippen LogP contribution in [0.5, 0.6) is 0 Å². The van der Waals surface area contributed by atoms with Gasteiger partial charge in [-0.25, -0.2) is 0 Å². The van der Waals surface area contributed by atoms with Crippen molar-refractivity contribution in [2.24, 2.45) is 4.99 Å². The molecule has 1 aliphatic rings. The highest BCUT2D eigenvalue weighted by Crippen LogP contribution is 1.98. The van der Waals surface area contributed by atoms with E-state index in [9.17, 15) is 0 Å². The minimum absolute atomic E-state index is 0. The highest BCUT2D eigenvalue weighted by molar-refractivity contribution is 8.93. The molecule has 0 atom stereocenters. The zero-order valence-electron chi connectivity index (χ0n) is 8.48. The number of ether oxygens (including phenoxy) is 1. The van der Waals surface area contributed by atoms with Gasteiger partial charge in [-0.2, -0.15) is 0 Å². The average molecular weight is 271 g/mol. The van der Waals surface area contributed by atoms with Gasteiger partial charge in [0.15, 0.2) is 0 Å². The van der Waals surface area contributed by atoms with Gasteiger partial charge in [-0.05, 0) is 5.56 Å². The van der Waals surface area contributed by atoms with Gasteiger partial charge in [0.1, 0.15) is 12.4 Å². The summed E-state index contributed by atoms with van der Waals surface area (Å²) in [5.41, 5.74) is 1.26. The first-order chi connectivity index (χ1) is 6.95. The molecule has 0 radical (unpaired) electrons. The summed E-state index contributed by atoms with van der Waals surface area (Å²) >= 11 is 0. The molecule has 0 unspecified atom stereocenters. The Morgan fingerprint density at radius 1 is 1.27 bits per heavy atom. The van der Waals surface area contributed by atoms with Gasteiger partial charge in [-0.15, -0.1) is 17.0 Å². The van der Waals surface area contributed by atoms with Crippen LogP contribution in [0.3, 0.4) is 0 Å². The molecule has 0 fully saturated rings. The molecule has 0 aromatic heterocycles. The molecule has 1 aliphatic heterocycles. The van der Waals surface area contributed by atoms with Crippen molar-refractivity contribution in [2.75, 3.05) is 19.8 Å². The molecule has 1 N–H and O–H groups in total. The third-order valence-corrected chi connectivity index (χ3v) is 2.12. The van der Waals surface area contributed by atoms with Crippen LogP contribution in [0.2, 0.25) is 0 Å². The smallest absolute Gasteiger partial charge is 0.123 e. The zero-order valence-corrected chi connectivity index (χ0v) is 10.2. The summed E-state index contributed by atoms with van der Waals surface area (Å²) in [4.78, 5) is 4.33. The second kappa shape index (κ2) is 6.58. The molecule has 0 saturated heterocycles. The van der Waals surface area contributed by atoms with Crippen molar-refractivity contribution < 1.29 is 4.74 Å². The summed E-state index contributed by atoms with van der Waals surface area (Å²) in [6, 6.07) is 10.3. The summed E-state index contributed by atoms with van der Waals surface area (Å²) in [6.07, 6.45) is 0. The van der Waals surface area contributed by atoms with Crippen molar-refractivity contribution in [3.63, 3.8) is 0 Å². The van der Waals surface area contributed by atoms with E-state index in [1.54, 1.807) is 0 Å². The van der Waals surface area contributed by atoms with Crippen LogP contribution in [-0.4, -0.2) is 25.6 Å². The predicted octanol–water partition coefficient (Wildman–Crippen LogP) is 1.78. The van der Waals surface area contributed by atoms with E-state index in [1.165, 1.54) is 5.56 Å². The average Bonchev–Trinajstić information content (AvgIpc) is 2.29. The first kappa shape index (κ1) is 12.2. The molecular weight excluding hydrogens is 256 g/mol. The van der Waals surface area contributed by atoms with Gasteiger partial charge in [-0.3, -0.25) is 4.99 Å². The summed E-state index contributed by atoms with van der Waals surface area (Å²) in [6.45, 7) is 2.96. The molecule has 0 bridgehead atoms. The standard InChI is InChI=1S/C11H14N2O.BrH/c1-2-4-10(5-3-1)8-13-11-9-14-7-6-12-11;/h1-5H,6-9H2,(H,12,13);1H. The van der Waals surface area contributed by atoms with E-state index in [2.05, 4.69) is 22.4 Å². The number of aliphatic imine (C=N–C) groups is 1. The molecule has 82 valence electrons. The summed E-state index contributed by atoms with van der Waals surface area (Å²) in [5, 5.41) is 3.26. The van der Waals surface area contributed by atoms with Crippen molar-refractivity contribution in [1.29, 1.82) is 0 Å². The van der Waals surface area contributed by atoms with E-state index >= 15 is 0 Å². The fourth-order valence-electron chi connectivity index (χ4n) is 1.37. The number of hydrogen-bond acceptors (Lipinski definition) is 3. The van der Waals surface area contributed by atoms with Crippen LogP contribution in [0.1, 0.15) is 5.56 Å². The van der Waals surface area contributed by atoms with Gasteiger partial charge in [0, 0.05) is 6.54 Å². The largest absolute Gasteiger partial charge is 0.372 e. The van der Waals surface area contributed by atoms with E-state index < -0.39 is 0 Å². The van der Waals surface area contributed by atoms with Crippen LogP contribution in [-0.2, 0) is 11.3 Å². The number of hydrogen-bond donors (Lipinski definition) is 1. The maximum atomic E-state index is 5.28. The third-order valence-electron chi connectivity index (χ3n) is 2.12. The Morgan fingerprint density at radius 2 is 2.07 bits per heavy atom. The molecule has 4 heteroatoms. The number of halogens is 1. The van der Waals surface area contributed by atoms with Crippen molar-refractivity contribution in [1.82, 2.24) is 5.32 Å². The third kappa shape index (κ3) is 4.01. The molecule has 0 spiro atoms. The Labute approximate surface area is 100 Å². The van der Waals surface area contributed by atoms with Gasteiger partial charge in [0.05, 0.1) is 13.2 Å². The van der Waals surface area contributed by atoms with Gasteiger partial charge < -0.3 is 10.1 Å². The number of nitrogens with zero attached hydrogens (tertiary/aromatic N) is 1. The second-order valence-corrected chi connectivity index (χ2v) is 3.22. The van der Waals surface area contributed by atoms with E-state index in [0.717, 1.165) is 25.5 Å². The topological polar surface area (TPSA) is 33.6 Å². The fourth-order valence-corrected chi connectivity index (χ4v) is 1.37. The summed E-state index contributed by atoms with van der Waals surface area (Å²) in [5.74, 6) is 0.958. The molecule has 1 aromatic rings. The normalized spacial score (nSPS) is 15.1. The minimum atomic E-state index is 0. The summed E-state index contributed by atoms with van der Waals surface area (Å²) < 4.78 is 5.28. The molecule has 0 amide bonds. The van der Waals surface area contributed by atoms with Crippen molar-refractivity contribution in [2.45, 2.75) is 6.54 Å². The van der Waals surface area contributed by atoms with Crippen LogP contribution < -0.4 is 5.32 Å². The lowest BCUT2D eigenvalue weighted by atomic mass is 10.2. The highest BCUT2D eigenvalue weighted by atomic mass is 79.9. The molecular formula is C11H15BrN2O. The summed E-state index contributed by atoms with van der Waals surface area (Å²) in [7, 11) is 0. The number of nitrogens with one attached hydrogen (secondary N) is 1. The SMILES string of the molecule is Br.c1ccc(CNC2=NCCOC2)cc1. The number of benzene rings is 1. The van der Waals surface area contributed by atoms with Gasteiger partial charge in [0.2, 0.25) is 0 Å². The Kier molecular flexibility index (Phi) is 5.36. The van der Waals surface area contributed by atoms with Crippen LogP contribution in [0, 0.1) is 0 Å². The van der Waals surface area contributed by atoms with Crippen molar-refractivity contribution in [3.8, 4) is 0 Å². The fraction of sp³-hybridized carbons (Fsp3) is 0.364. The van der Waals surface area contributed by atoms with E-state index in [4.69, 9.17) is 4.74 Å².